The molecule has 0 spiro atoms. The Labute approximate surface area is 213 Å². The van der Waals surface area contributed by atoms with E-state index in [0.717, 1.165) is 23.9 Å². The molecule has 0 saturated heterocycles. The van der Waals surface area contributed by atoms with E-state index in [1.165, 1.54) is 10.6 Å². The lowest BCUT2D eigenvalue weighted by molar-refractivity contribution is -0.137. The third kappa shape index (κ3) is 5.34. The van der Waals surface area contributed by atoms with Gasteiger partial charge in [-0.3, -0.25) is 14.2 Å². The maximum absolute atomic E-state index is 13.5. The van der Waals surface area contributed by atoms with E-state index in [9.17, 15) is 22.8 Å². The first-order chi connectivity index (χ1) is 17.2. The molecule has 3 aromatic carbocycles. The van der Waals surface area contributed by atoms with Gasteiger partial charge in [-0.2, -0.15) is 13.2 Å². The van der Waals surface area contributed by atoms with Crippen LogP contribution in [0, 0.1) is 0 Å². The van der Waals surface area contributed by atoms with E-state index < -0.39 is 23.3 Å². The molecule has 0 aliphatic carbocycles. The van der Waals surface area contributed by atoms with Gasteiger partial charge in [0.25, 0.3) is 5.56 Å². The van der Waals surface area contributed by atoms with Crippen molar-refractivity contribution in [3.8, 4) is 11.4 Å². The van der Waals surface area contributed by atoms with Crippen molar-refractivity contribution in [2.45, 2.75) is 18.3 Å². The molecule has 36 heavy (non-hydrogen) atoms. The van der Waals surface area contributed by atoms with E-state index in [-0.39, 0.29) is 21.5 Å². The molecule has 1 heterocycles. The highest BCUT2D eigenvalue weighted by atomic mass is 35.5. The number of para-hydroxylation sites is 4. The molecule has 0 aliphatic rings. The summed E-state index contributed by atoms with van der Waals surface area (Å²) >= 11 is 6.85. The Morgan fingerprint density at radius 2 is 1.81 bits per heavy atom. The molecule has 1 aromatic heterocycles. The average Bonchev–Trinajstić information content (AvgIpc) is 2.84. The van der Waals surface area contributed by atoms with Crippen molar-refractivity contribution in [1.29, 1.82) is 0 Å². The van der Waals surface area contributed by atoms with Crippen molar-refractivity contribution in [3.63, 3.8) is 0 Å². The van der Waals surface area contributed by atoms with Gasteiger partial charge in [0.15, 0.2) is 5.16 Å². The number of carbonyl (C=O) groups is 1. The number of hydrogen-bond donors (Lipinski definition) is 1. The number of fused-ring (bicyclic) bond motifs is 1. The highest BCUT2D eigenvalue weighted by Crippen LogP contribution is 2.38. The van der Waals surface area contributed by atoms with Gasteiger partial charge in [-0.25, -0.2) is 4.98 Å². The normalized spacial score (nSPS) is 11.5. The summed E-state index contributed by atoms with van der Waals surface area (Å²) in [4.78, 5) is 30.7. The number of halogens is 4. The van der Waals surface area contributed by atoms with Crippen LogP contribution in [-0.4, -0.2) is 27.8 Å². The first kappa shape index (κ1) is 25.6. The molecule has 0 unspecified atom stereocenters. The van der Waals surface area contributed by atoms with Crippen molar-refractivity contribution in [2.24, 2.45) is 0 Å². The topological polar surface area (TPSA) is 73.2 Å². The lowest BCUT2D eigenvalue weighted by Crippen LogP contribution is -2.24. The molecule has 0 fully saturated rings. The lowest BCUT2D eigenvalue weighted by Gasteiger charge is -2.17. The Morgan fingerprint density at radius 3 is 2.56 bits per heavy atom. The zero-order chi connectivity index (χ0) is 25.9. The molecule has 0 bridgehead atoms. The summed E-state index contributed by atoms with van der Waals surface area (Å²) in [5.74, 6) is -0.633. The fraction of sp³-hybridized carbons (Fsp3) is 0.160. The van der Waals surface area contributed by atoms with Gasteiger partial charge >= 0.3 is 6.18 Å². The van der Waals surface area contributed by atoms with Crippen molar-refractivity contribution in [2.75, 3.05) is 17.7 Å². The number of nitrogens with zero attached hydrogens (tertiary/aromatic N) is 2. The van der Waals surface area contributed by atoms with E-state index in [0.29, 0.717) is 28.9 Å². The molecule has 11 heteroatoms. The minimum Gasteiger partial charge on any atom is -0.492 e. The van der Waals surface area contributed by atoms with E-state index >= 15 is 0 Å². The molecule has 6 nitrogen and oxygen atoms in total. The predicted molar refractivity (Wildman–Crippen MR) is 134 cm³/mol. The molecular weight excluding hydrogens is 515 g/mol. The molecule has 0 atom stereocenters. The number of nitrogens with one attached hydrogen (secondary N) is 1. The molecule has 1 N–H and O–H groups in total. The van der Waals surface area contributed by atoms with Crippen LogP contribution in [0.25, 0.3) is 16.6 Å². The molecule has 0 radical (unpaired) electrons. The summed E-state index contributed by atoms with van der Waals surface area (Å²) in [6, 6.07) is 16.9. The average molecular weight is 534 g/mol. The number of carbonyl (C=O) groups excluding carboxylic acids is 1. The van der Waals surface area contributed by atoms with Gasteiger partial charge in [-0.15, -0.1) is 0 Å². The van der Waals surface area contributed by atoms with Gasteiger partial charge in [-0.1, -0.05) is 53.7 Å². The number of aromatic nitrogens is 2. The summed E-state index contributed by atoms with van der Waals surface area (Å²) in [7, 11) is 0. The number of thioether (sulfide) groups is 1. The Balaban J connectivity index is 1.71. The first-order valence-electron chi connectivity index (χ1n) is 10.7. The second-order valence-electron chi connectivity index (χ2n) is 7.45. The molecule has 186 valence electrons. The monoisotopic (exact) mass is 533 g/mol. The van der Waals surface area contributed by atoms with Crippen LogP contribution in [0.5, 0.6) is 5.75 Å². The minimum absolute atomic E-state index is 0.177. The second-order valence-corrected chi connectivity index (χ2v) is 8.80. The first-order valence-corrected chi connectivity index (χ1v) is 12.1. The van der Waals surface area contributed by atoms with Gasteiger partial charge in [-0.05, 0) is 43.3 Å². The van der Waals surface area contributed by atoms with Crippen LogP contribution in [0.2, 0.25) is 5.02 Å². The van der Waals surface area contributed by atoms with Crippen molar-refractivity contribution >= 4 is 45.9 Å². The zero-order valence-corrected chi connectivity index (χ0v) is 20.4. The fourth-order valence-corrected chi connectivity index (χ4v) is 4.56. The van der Waals surface area contributed by atoms with Gasteiger partial charge < -0.3 is 10.1 Å². The number of alkyl halides is 3. The number of amides is 1. The predicted octanol–water partition coefficient (Wildman–Crippen LogP) is 6.19. The number of rotatable bonds is 7. The van der Waals surface area contributed by atoms with Gasteiger partial charge in [0.1, 0.15) is 5.75 Å². The smallest absolute Gasteiger partial charge is 0.418 e. The summed E-state index contributed by atoms with van der Waals surface area (Å²) < 4.78 is 47.2. The van der Waals surface area contributed by atoms with E-state index in [4.69, 9.17) is 16.3 Å². The van der Waals surface area contributed by atoms with E-state index in [1.807, 2.05) is 6.92 Å². The third-order valence-corrected chi connectivity index (χ3v) is 6.32. The SMILES string of the molecule is CCOc1ccccc1-n1c(SCC(=O)Nc2c(Cl)cccc2C(F)(F)F)nc2ccccc2c1=O. The van der Waals surface area contributed by atoms with Crippen LogP contribution in [-0.2, 0) is 11.0 Å². The standard InChI is InChI=1S/C25H19ClF3N3O3S/c1-2-35-20-13-6-5-12-19(20)32-23(34)15-8-3-4-11-18(15)30-24(32)36-14-21(33)31-22-16(25(27,28)29)9-7-10-17(22)26/h3-13H,2,14H2,1H3,(H,31,33). The summed E-state index contributed by atoms with van der Waals surface area (Å²) in [5, 5.41) is 2.55. The van der Waals surface area contributed by atoms with Gasteiger partial charge in [0.2, 0.25) is 5.91 Å². The second kappa shape index (κ2) is 10.6. The Hall–Kier alpha value is -3.50. The van der Waals surface area contributed by atoms with Crippen LogP contribution < -0.4 is 15.6 Å². The van der Waals surface area contributed by atoms with Crippen LogP contribution in [0.1, 0.15) is 12.5 Å². The van der Waals surface area contributed by atoms with E-state index in [2.05, 4.69) is 10.3 Å². The molecule has 0 aliphatic heterocycles. The molecule has 4 aromatic rings. The largest absolute Gasteiger partial charge is 0.492 e. The Bertz CT molecular complexity index is 1490. The highest BCUT2D eigenvalue weighted by molar-refractivity contribution is 7.99. The Morgan fingerprint density at radius 1 is 1.08 bits per heavy atom. The van der Waals surface area contributed by atoms with Crippen LogP contribution in [0.4, 0.5) is 18.9 Å². The molecule has 1 amide bonds. The maximum Gasteiger partial charge on any atom is 0.418 e. The number of ether oxygens (including phenoxy) is 1. The van der Waals surface area contributed by atoms with Gasteiger partial charge in [0.05, 0.1) is 45.2 Å². The van der Waals surface area contributed by atoms with Crippen molar-refractivity contribution < 1.29 is 22.7 Å². The molecule has 0 saturated carbocycles. The number of benzene rings is 3. The number of anilines is 1. The Kier molecular flexibility index (Phi) is 7.56. The van der Waals surface area contributed by atoms with Crippen LogP contribution in [0.3, 0.4) is 0 Å². The summed E-state index contributed by atoms with van der Waals surface area (Å²) in [6.45, 7) is 2.17. The quantitative estimate of drug-likeness (QED) is 0.227. The minimum atomic E-state index is -4.70. The van der Waals surface area contributed by atoms with Crippen LogP contribution in [0.15, 0.2) is 76.7 Å². The summed E-state index contributed by atoms with van der Waals surface area (Å²) in [5.41, 5.74) is -1.11. The van der Waals surface area contributed by atoms with Crippen molar-refractivity contribution in [3.05, 3.63) is 87.7 Å². The maximum atomic E-state index is 13.5. The third-order valence-electron chi connectivity index (χ3n) is 5.07. The fourth-order valence-electron chi connectivity index (χ4n) is 3.53. The zero-order valence-electron chi connectivity index (χ0n) is 18.8. The number of hydrogen-bond acceptors (Lipinski definition) is 5. The summed E-state index contributed by atoms with van der Waals surface area (Å²) in [6.07, 6.45) is -4.70. The van der Waals surface area contributed by atoms with Crippen LogP contribution >= 0.6 is 23.4 Å². The highest BCUT2D eigenvalue weighted by Gasteiger charge is 2.34. The lowest BCUT2D eigenvalue weighted by atomic mass is 10.1. The molecule has 4 rings (SSSR count). The van der Waals surface area contributed by atoms with Gasteiger partial charge in [0, 0.05) is 0 Å². The molecular formula is C25H19ClF3N3O3S. The van der Waals surface area contributed by atoms with E-state index in [1.54, 1.807) is 48.5 Å². The van der Waals surface area contributed by atoms with Crippen molar-refractivity contribution in [1.82, 2.24) is 9.55 Å².